The molecular formula is C31H28FN9O3. The Balaban J connectivity index is 1.47. The predicted octanol–water partition coefficient (Wildman–Crippen LogP) is 3.05. The van der Waals surface area contributed by atoms with E-state index >= 15 is 4.39 Å². The Hall–Kier alpha value is -5.48. The van der Waals surface area contributed by atoms with Crippen molar-refractivity contribution in [1.82, 2.24) is 29.3 Å². The van der Waals surface area contributed by atoms with Crippen LogP contribution in [0.25, 0.3) is 27.8 Å². The van der Waals surface area contributed by atoms with Gasteiger partial charge in [-0.15, -0.1) is 0 Å². The number of benzene rings is 2. The minimum absolute atomic E-state index is 0.0327. The molecule has 0 unspecified atom stereocenters. The van der Waals surface area contributed by atoms with Gasteiger partial charge >= 0.3 is 5.97 Å². The van der Waals surface area contributed by atoms with Crippen molar-refractivity contribution < 1.29 is 13.9 Å². The highest BCUT2D eigenvalue weighted by Crippen LogP contribution is 2.41. The first kappa shape index (κ1) is 28.6. The minimum Gasteiger partial charge on any atom is -0.460 e. The lowest BCUT2D eigenvalue weighted by molar-refractivity contribution is -0.146. The number of carbonyl (C=O) groups excluding carboxylic acids is 1. The maximum Gasteiger partial charge on any atom is 0.324 e. The zero-order valence-electron chi connectivity index (χ0n) is 23.8. The van der Waals surface area contributed by atoms with Crippen molar-refractivity contribution in [3.8, 4) is 23.1 Å². The van der Waals surface area contributed by atoms with Gasteiger partial charge in [-0.25, -0.2) is 9.37 Å². The van der Waals surface area contributed by atoms with Crippen LogP contribution in [0.4, 0.5) is 10.3 Å². The molecule has 0 bridgehead atoms. The largest absolute Gasteiger partial charge is 0.460 e. The number of anilines is 1. The van der Waals surface area contributed by atoms with Gasteiger partial charge in [-0.1, -0.05) is 18.2 Å². The van der Waals surface area contributed by atoms with Crippen molar-refractivity contribution in [2.75, 3.05) is 5.73 Å². The van der Waals surface area contributed by atoms with E-state index in [0.717, 1.165) is 24.0 Å². The summed E-state index contributed by atoms with van der Waals surface area (Å²) < 4.78 is 23.8. The smallest absolute Gasteiger partial charge is 0.324 e. The van der Waals surface area contributed by atoms with Crippen LogP contribution in [0, 0.1) is 17.1 Å². The maximum absolute atomic E-state index is 15.4. The highest BCUT2D eigenvalue weighted by molar-refractivity contribution is 5.84. The van der Waals surface area contributed by atoms with Gasteiger partial charge in [-0.05, 0) is 53.5 Å². The van der Waals surface area contributed by atoms with E-state index in [4.69, 9.17) is 21.5 Å². The molecule has 222 valence electrons. The van der Waals surface area contributed by atoms with Crippen molar-refractivity contribution in [3.63, 3.8) is 0 Å². The lowest BCUT2D eigenvalue weighted by Gasteiger charge is -2.18. The van der Waals surface area contributed by atoms with Crippen LogP contribution < -0.4 is 17.0 Å². The molecule has 12 nitrogen and oxygen atoms in total. The monoisotopic (exact) mass is 593 g/mol. The van der Waals surface area contributed by atoms with E-state index in [1.54, 1.807) is 48.4 Å². The second kappa shape index (κ2) is 11.7. The van der Waals surface area contributed by atoms with Gasteiger partial charge in [0.1, 0.15) is 24.3 Å². The van der Waals surface area contributed by atoms with E-state index in [-0.39, 0.29) is 30.2 Å². The average Bonchev–Trinajstić information content (AvgIpc) is 3.77. The summed E-state index contributed by atoms with van der Waals surface area (Å²) in [6, 6.07) is 10.7. The van der Waals surface area contributed by atoms with Crippen molar-refractivity contribution in [2.45, 2.75) is 44.2 Å². The average molecular weight is 594 g/mol. The van der Waals surface area contributed by atoms with E-state index in [0.29, 0.717) is 40.4 Å². The predicted molar refractivity (Wildman–Crippen MR) is 159 cm³/mol. The number of esters is 1. The molecule has 0 spiro atoms. The third-order valence-corrected chi connectivity index (χ3v) is 7.47. The third-order valence-electron chi connectivity index (χ3n) is 7.47. The van der Waals surface area contributed by atoms with Gasteiger partial charge in [0.15, 0.2) is 5.82 Å². The summed E-state index contributed by atoms with van der Waals surface area (Å²) in [5.41, 5.74) is 14.1. The molecule has 0 aliphatic heterocycles. The van der Waals surface area contributed by atoms with Gasteiger partial charge in [0, 0.05) is 37.0 Å². The number of rotatable bonds is 9. The molecule has 0 saturated heterocycles. The van der Waals surface area contributed by atoms with Crippen molar-refractivity contribution in [1.29, 1.82) is 5.26 Å². The van der Waals surface area contributed by atoms with E-state index in [2.05, 4.69) is 20.1 Å². The number of nitrogen functional groups attached to an aromatic ring is 1. The van der Waals surface area contributed by atoms with E-state index in [9.17, 15) is 9.59 Å². The molecule has 4 N–H and O–H groups in total. The molecule has 0 amide bonds. The summed E-state index contributed by atoms with van der Waals surface area (Å²) in [6.07, 6.45) is 7.17. The summed E-state index contributed by atoms with van der Waals surface area (Å²) in [6.45, 7) is -0.347. The van der Waals surface area contributed by atoms with Crippen LogP contribution in [0.15, 0.2) is 59.8 Å². The fraction of sp³-hybridized carbons (Fsp3) is 0.258. The van der Waals surface area contributed by atoms with Crippen LogP contribution in [-0.4, -0.2) is 41.3 Å². The Morgan fingerprint density at radius 1 is 1.23 bits per heavy atom. The normalized spacial score (nSPS) is 13.5. The molecule has 1 aliphatic carbocycles. The summed E-state index contributed by atoms with van der Waals surface area (Å²) in [4.78, 5) is 39.6. The molecule has 3 heterocycles. The van der Waals surface area contributed by atoms with Crippen LogP contribution in [0.5, 0.6) is 0 Å². The molecular weight excluding hydrogens is 565 g/mol. The fourth-order valence-corrected chi connectivity index (χ4v) is 5.17. The fourth-order valence-electron chi connectivity index (χ4n) is 5.17. The van der Waals surface area contributed by atoms with Crippen molar-refractivity contribution in [2.24, 2.45) is 12.8 Å². The first-order valence-corrected chi connectivity index (χ1v) is 14.0. The number of aryl methyl sites for hydroxylation is 1. The Labute approximate surface area is 250 Å². The summed E-state index contributed by atoms with van der Waals surface area (Å²) in [7, 11) is 1.80. The van der Waals surface area contributed by atoms with Crippen LogP contribution in [0.2, 0.25) is 0 Å². The minimum atomic E-state index is -1.16. The molecule has 13 heteroatoms. The summed E-state index contributed by atoms with van der Waals surface area (Å²) in [5.74, 6) is -0.557. The Morgan fingerprint density at radius 3 is 2.77 bits per heavy atom. The highest BCUT2D eigenvalue weighted by atomic mass is 19.1. The molecule has 1 fully saturated rings. The number of pyridine rings is 1. The van der Waals surface area contributed by atoms with E-state index in [1.807, 2.05) is 18.3 Å². The Kier molecular flexibility index (Phi) is 7.59. The molecule has 1 aliphatic rings. The number of carbonyl (C=O) groups is 1. The van der Waals surface area contributed by atoms with Gasteiger partial charge < -0.3 is 16.2 Å². The molecule has 0 radical (unpaired) electrons. The third kappa shape index (κ3) is 5.75. The number of hydrogen-bond donors (Lipinski definition) is 2. The number of fused-ring (bicyclic) bond motifs is 1. The lowest BCUT2D eigenvalue weighted by atomic mass is 10.0. The quantitative estimate of drug-likeness (QED) is 0.241. The van der Waals surface area contributed by atoms with Gasteiger partial charge in [0.05, 0.1) is 29.8 Å². The number of nitriles is 1. The van der Waals surface area contributed by atoms with Gasteiger partial charge in [0.25, 0.3) is 5.56 Å². The van der Waals surface area contributed by atoms with E-state index < -0.39 is 23.4 Å². The van der Waals surface area contributed by atoms with Gasteiger partial charge in [0.2, 0.25) is 5.95 Å². The summed E-state index contributed by atoms with van der Waals surface area (Å²) >= 11 is 0. The van der Waals surface area contributed by atoms with Gasteiger partial charge in [-0.3, -0.25) is 18.8 Å². The maximum atomic E-state index is 15.4. The molecule has 5 aromatic rings. The molecule has 1 atom stereocenters. The Bertz CT molecular complexity index is 2010. The zero-order valence-corrected chi connectivity index (χ0v) is 23.8. The number of nitrogens with zero attached hydrogens (tertiary/aromatic N) is 7. The second-order valence-electron chi connectivity index (χ2n) is 10.7. The number of nitrogens with two attached hydrogens (primary N) is 2. The van der Waals surface area contributed by atoms with Crippen LogP contribution in [-0.2, 0) is 29.6 Å². The van der Waals surface area contributed by atoms with E-state index in [1.165, 1.54) is 10.6 Å². The van der Waals surface area contributed by atoms with Crippen LogP contribution in [0.3, 0.4) is 0 Å². The SMILES string of the molecule is Cn1cc(Cc2nc(N)nc(-c3cccc(-n4ccc5cc(C6CC6)cc(F)c5c4=O)c3COC(=O)[C@@H](N)CC#N)n2)cn1. The van der Waals surface area contributed by atoms with Crippen molar-refractivity contribution in [3.05, 3.63) is 93.7 Å². The molecule has 3 aromatic heterocycles. The number of hydrogen-bond acceptors (Lipinski definition) is 10. The van der Waals surface area contributed by atoms with Crippen LogP contribution in [0.1, 0.15) is 47.7 Å². The van der Waals surface area contributed by atoms with Crippen LogP contribution >= 0.6 is 0 Å². The number of aromatic nitrogens is 6. The van der Waals surface area contributed by atoms with Crippen molar-refractivity contribution >= 4 is 22.7 Å². The first-order valence-electron chi connectivity index (χ1n) is 14.0. The second-order valence-corrected chi connectivity index (χ2v) is 10.7. The Morgan fingerprint density at radius 2 is 2.05 bits per heavy atom. The number of halogens is 1. The number of ether oxygens (including phenoxy) is 1. The van der Waals surface area contributed by atoms with Gasteiger partial charge in [-0.2, -0.15) is 20.3 Å². The zero-order chi connectivity index (χ0) is 31.0. The molecule has 44 heavy (non-hydrogen) atoms. The molecule has 1 saturated carbocycles. The highest BCUT2D eigenvalue weighted by Gasteiger charge is 2.26. The topological polar surface area (TPSA) is 181 Å². The molecule has 2 aromatic carbocycles. The lowest BCUT2D eigenvalue weighted by Crippen LogP contribution is -2.32. The standard InChI is InChI=1S/C31H28FN9O3/c1-40-15-17(14-36-40)11-26-37-28(39-31(35)38-26)21-3-2-4-25(22(21)16-44-30(43)24(34)7-9-33)41-10-8-19-12-20(18-5-6-18)13-23(32)27(19)29(41)42/h2-4,8,10,12-15,18,24H,5-7,11,16,34H2,1H3,(H2,35,37,38,39)/t24-/m0/s1. The molecule has 6 rings (SSSR count). The first-order chi connectivity index (χ1) is 21.2. The summed E-state index contributed by atoms with van der Waals surface area (Å²) in [5, 5.41) is 13.6.